The van der Waals surface area contributed by atoms with Crippen molar-refractivity contribution in [2.45, 2.75) is 58.4 Å². The Hall–Kier alpha value is -0.0900. The Bertz CT molecular complexity index is 225. The van der Waals surface area contributed by atoms with E-state index in [0.717, 1.165) is 49.8 Å². The minimum absolute atomic E-state index is 0. The van der Waals surface area contributed by atoms with Gasteiger partial charge in [0.1, 0.15) is 0 Å². The van der Waals surface area contributed by atoms with Crippen molar-refractivity contribution in [1.29, 1.82) is 0 Å². The maximum atomic E-state index is 11.3. The molecule has 0 aliphatic carbocycles. The molecule has 1 rings (SSSR count). The van der Waals surface area contributed by atoms with Gasteiger partial charge in [-0.3, -0.25) is 0 Å². The summed E-state index contributed by atoms with van der Waals surface area (Å²) >= 11 is 0. The van der Waals surface area contributed by atoms with Gasteiger partial charge in [-0.1, -0.05) is 26.7 Å². The zero-order chi connectivity index (χ0) is 12.0. The van der Waals surface area contributed by atoms with Crippen molar-refractivity contribution in [1.82, 2.24) is 0 Å². The lowest BCUT2D eigenvalue weighted by Gasteiger charge is -2.38. The Morgan fingerprint density at radius 3 is 2.18 bits per heavy atom. The standard InChI is InChI=1S/C13H25NO2.BrH/c1-3-5-9-14(10-6-4-2)11-7-8-12(14)13(15)16;/h12H,3-11H2,1-2H3;1H/t12-;/m0./s1. The van der Waals surface area contributed by atoms with Crippen molar-refractivity contribution in [3.63, 3.8) is 0 Å². The topological polar surface area (TPSA) is 37.3 Å². The van der Waals surface area contributed by atoms with Gasteiger partial charge in [0.15, 0.2) is 6.04 Å². The van der Waals surface area contributed by atoms with Crippen LogP contribution < -0.4 is 17.0 Å². The summed E-state index contributed by atoms with van der Waals surface area (Å²) in [6, 6.07) is -0.127. The van der Waals surface area contributed by atoms with E-state index in [4.69, 9.17) is 0 Å². The van der Waals surface area contributed by atoms with Gasteiger partial charge < -0.3 is 26.6 Å². The van der Waals surface area contributed by atoms with Gasteiger partial charge in [-0.15, -0.1) is 0 Å². The lowest BCUT2D eigenvalue weighted by Crippen LogP contribution is -3.00. The van der Waals surface area contributed by atoms with Crippen molar-refractivity contribution >= 4 is 5.97 Å². The molecule has 1 fully saturated rings. The molecule has 0 amide bonds. The summed E-state index contributed by atoms with van der Waals surface area (Å²) in [4.78, 5) is 11.3. The first-order chi connectivity index (χ1) is 7.66. The van der Waals surface area contributed by atoms with Gasteiger partial charge in [0.2, 0.25) is 0 Å². The molecule has 4 heteroatoms. The predicted molar refractivity (Wildman–Crippen MR) is 65.3 cm³/mol. The molecule has 3 nitrogen and oxygen atoms in total. The summed E-state index contributed by atoms with van der Waals surface area (Å²) in [5, 5.41) is 9.33. The molecule has 0 spiro atoms. The molecule has 0 aromatic carbocycles. The van der Waals surface area contributed by atoms with Crippen LogP contribution in [0.2, 0.25) is 0 Å². The Morgan fingerprint density at radius 2 is 1.76 bits per heavy atom. The molecule has 1 saturated heterocycles. The van der Waals surface area contributed by atoms with E-state index in [1.807, 2.05) is 0 Å². The average molecular weight is 308 g/mol. The number of carboxylic acid groups (broad SMARTS) is 1. The molecule has 0 aromatic rings. The zero-order valence-electron chi connectivity index (χ0n) is 11.1. The highest BCUT2D eigenvalue weighted by Crippen LogP contribution is 2.29. The van der Waals surface area contributed by atoms with Gasteiger partial charge in [-0.25, -0.2) is 4.79 Å². The lowest BCUT2D eigenvalue weighted by atomic mass is 10.1. The largest absolute Gasteiger partial charge is 1.00 e. The quantitative estimate of drug-likeness (QED) is 0.653. The first-order valence-corrected chi connectivity index (χ1v) is 6.75. The third kappa shape index (κ3) is 4.25. The molecule has 0 saturated carbocycles. The van der Waals surface area contributed by atoms with E-state index >= 15 is 0 Å². The number of aliphatic carboxylic acids is 1. The molecule has 17 heavy (non-hydrogen) atoms. The summed E-state index contributed by atoms with van der Waals surface area (Å²) in [5.41, 5.74) is 0. The van der Waals surface area contributed by atoms with Crippen LogP contribution in [-0.2, 0) is 4.79 Å². The molecular weight excluding hydrogens is 282 g/mol. The molecular formula is C13H26BrNO2. The van der Waals surface area contributed by atoms with Gasteiger partial charge in [0.25, 0.3) is 0 Å². The number of carboxylic acids is 1. The molecule has 1 aliphatic rings. The van der Waals surface area contributed by atoms with Gasteiger partial charge in [-0.05, 0) is 12.8 Å². The van der Waals surface area contributed by atoms with E-state index in [2.05, 4.69) is 13.8 Å². The van der Waals surface area contributed by atoms with Gasteiger partial charge in [0, 0.05) is 12.8 Å². The van der Waals surface area contributed by atoms with E-state index in [0.29, 0.717) is 0 Å². The van der Waals surface area contributed by atoms with Gasteiger partial charge in [0.05, 0.1) is 19.6 Å². The number of hydrogen-bond donors (Lipinski definition) is 1. The fourth-order valence-corrected chi connectivity index (χ4v) is 2.98. The van der Waals surface area contributed by atoms with Crippen LogP contribution >= 0.6 is 0 Å². The minimum atomic E-state index is -0.579. The maximum absolute atomic E-state index is 11.3. The van der Waals surface area contributed by atoms with Crippen LogP contribution in [0.4, 0.5) is 0 Å². The van der Waals surface area contributed by atoms with Crippen molar-refractivity contribution in [2.24, 2.45) is 0 Å². The van der Waals surface area contributed by atoms with E-state index in [9.17, 15) is 9.90 Å². The normalized spacial score (nSPS) is 22.1. The first-order valence-electron chi connectivity index (χ1n) is 6.75. The van der Waals surface area contributed by atoms with Gasteiger partial charge >= 0.3 is 5.97 Å². The Labute approximate surface area is 116 Å². The SMILES string of the molecule is CCCC[N+]1(CCCC)CCC[C@H]1C(=O)O.[Br-]. The third-order valence-corrected chi connectivity index (χ3v) is 3.94. The number of carbonyl (C=O) groups is 1. The number of rotatable bonds is 7. The fraction of sp³-hybridized carbons (Fsp3) is 0.923. The smallest absolute Gasteiger partial charge is 0.362 e. The third-order valence-electron chi connectivity index (χ3n) is 3.94. The van der Waals surface area contributed by atoms with E-state index in [-0.39, 0.29) is 23.0 Å². The molecule has 1 atom stereocenters. The summed E-state index contributed by atoms with van der Waals surface area (Å²) in [5.74, 6) is -0.579. The van der Waals surface area contributed by atoms with Crippen molar-refractivity contribution in [3.8, 4) is 0 Å². The summed E-state index contributed by atoms with van der Waals surface area (Å²) < 4.78 is 0.858. The molecule has 0 bridgehead atoms. The Balaban J connectivity index is 0.00000256. The second-order valence-corrected chi connectivity index (χ2v) is 5.09. The van der Waals surface area contributed by atoms with Crippen molar-refractivity contribution < 1.29 is 31.4 Å². The molecule has 1 aliphatic heterocycles. The van der Waals surface area contributed by atoms with Crippen molar-refractivity contribution in [3.05, 3.63) is 0 Å². The molecule has 1 N–H and O–H groups in total. The second-order valence-electron chi connectivity index (χ2n) is 5.09. The molecule has 1 heterocycles. The molecule has 0 radical (unpaired) electrons. The summed E-state index contributed by atoms with van der Waals surface area (Å²) in [7, 11) is 0. The highest BCUT2D eigenvalue weighted by Gasteiger charge is 2.45. The monoisotopic (exact) mass is 307 g/mol. The predicted octanol–water partition coefficient (Wildman–Crippen LogP) is -0.346. The number of nitrogens with zero attached hydrogens (tertiary/aromatic N) is 1. The maximum Gasteiger partial charge on any atom is 0.362 e. The Morgan fingerprint density at radius 1 is 1.24 bits per heavy atom. The van der Waals surface area contributed by atoms with Crippen LogP contribution in [0, 0.1) is 0 Å². The highest BCUT2D eigenvalue weighted by atomic mass is 79.9. The average Bonchev–Trinajstić information content (AvgIpc) is 2.68. The number of unbranched alkanes of at least 4 members (excludes halogenated alkanes) is 2. The number of hydrogen-bond acceptors (Lipinski definition) is 1. The Kier molecular flexibility index (Phi) is 8.05. The minimum Gasteiger partial charge on any atom is -1.00 e. The summed E-state index contributed by atoms with van der Waals surface area (Å²) in [6.07, 6.45) is 6.62. The van der Waals surface area contributed by atoms with Crippen LogP contribution in [0.1, 0.15) is 52.4 Å². The van der Waals surface area contributed by atoms with Crippen LogP contribution in [0.25, 0.3) is 0 Å². The summed E-state index contributed by atoms with van der Waals surface area (Å²) in [6.45, 7) is 7.57. The number of halogens is 1. The number of quaternary nitrogens is 1. The van der Waals surface area contributed by atoms with E-state index in [1.165, 1.54) is 12.8 Å². The van der Waals surface area contributed by atoms with Crippen LogP contribution in [0.3, 0.4) is 0 Å². The van der Waals surface area contributed by atoms with Crippen LogP contribution in [0.5, 0.6) is 0 Å². The highest BCUT2D eigenvalue weighted by molar-refractivity contribution is 5.72. The van der Waals surface area contributed by atoms with Crippen LogP contribution in [-0.4, -0.2) is 41.2 Å². The van der Waals surface area contributed by atoms with E-state index in [1.54, 1.807) is 0 Å². The molecule has 102 valence electrons. The first kappa shape index (κ1) is 16.9. The van der Waals surface area contributed by atoms with E-state index < -0.39 is 5.97 Å². The molecule has 0 unspecified atom stereocenters. The van der Waals surface area contributed by atoms with Crippen molar-refractivity contribution in [2.75, 3.05) is 19.6 Å². The fourth-order valence-electron chi connectivity index (χ4n) is 2.98. The van der Waals surface area contributed by atoms with Crippen LogP contribution in [0.15, 0.2) is 0 Å². The second kappa shape index (κ2) is 8.09. The number of likely N-dealkylation sites (tertiary alicyclic amines) is 1. The lowest BCUT2D eigenvalue weighted by molar-refractivity contribution is -0.932. The van der Waals surface area contributed by atoms with Gasteiger partial charge in [-0.2, -0.15) is 0 Å². The zero-order valence-corrected chi connectivity index (χ0v) is 12.7. The molecule has 0 aromatic heterocycles.